The highest BCUT2D eigenvalue weighted by molar-refractivity contribution is 6.30. The van der Waals surface area contributed by atoms with Crippen molar-refractivity contribution in [2.45, 2.75) is 20.3 Å². The molecule has 34 heavy (non-hydrogen) atoms. The summed E-state index contributed by atoms with van der Waals surface area (Å²) >= 11 is 5.97. The largest absolute Gasteiger partial charge is 0.324 e. The quantitative estimate of drug-likeness (QED) is 0.404. The van der Waals surface area contributed by atoms with E-state index in [4.69, 9.17) is 11.6 Å². The van der Waals surface area contributed by atoms with Crippen molar-refractivity contribution in [2.75, 3.05) is 10.6 Å². The monoisotopic (exact) mass is 477 g/mol. The Labute approximate surface area is 200 Å². The Morgan fingerprint density at radius 1 is 1.00 bits per heavy atom. The molecule has 0 saturated heterocycles. The summed E-state index contributed by atoms with van der Waals surface area (Å²) in [6.07, 6.45) is 1.52. The van der Waals surface area contributed by atoms with Crippen LogP contribution in [0.15, 0.2) is 66.9 Å². The first kappa shape index (κ1) is 23.1. The van der Waals surface area contributed by atoms with Gasteiger partial charge in [-0.15, -0.1) is 0 Å². The number of benzene rings is 2. The van der Waals surface area contributed by atoms with Crippen LogP contribution in [0.4, 0.5) is 15.8 Å². The Morgan fingerprint density at radius 2 is 1.76 bits per heavy atom. The molecule has 9 heteroatoms. The first-order valence-corrected chi connectivity index (χ1v) is 10.8. The zero-order chi connectivity index (χ0) is 24.2. The standard InChI is InChI=1S/C25H21ClFN5O2/c1-15-20(16(2)32(31-15)19-9-6-17(26)7-10-19)14-24(33)29-23-13-18(27)8-11-21(23)30-25(34)22-5-3-4-12-28-22/h3-13H,14H2,1-2H3,(H,29,33)(H,30,34). The van der Waals surface area contributed by atoms with E-state index in [9.17, 15) is 14.0 Å². The molecule has 0 bridgehead atoms. The highest BCUT2D eigenvalue weighted by Gasteiger charge is 2.18. The van der Waals surface area contributed by atoms with Crippen LogP contribution in [0, 0.1) is 19.7 Å². The second kappa shape index (κ2) is 9.84. The number of hydrogen-bond acceptors (Lipinski definition) is 4. The minimum Gasteiger partial charge on any atom is -0.324 e. The van der Waals surface area contributed by atoms with Crippen molar-refractivity contribution in [3.63, 3.8) is 0 Å². The summed E-state index contributed by atoms with van der Waals surface area (Å²) in [7, 11) is 0. The van der Waals surface area contributed by atoms with E-state index in [0.717, 1.165) is 23.0 Å². The molecule has 7 nitrogen and oxygen atoms in total. The van der Waals surface area contributed by atoms with Gasteiger partial charge in [0.2, 0.25) is 5.91 Å². The molecule has 2 N–H and O–H groups in total. The van der Waals surface area contributed by atoms with Crippen molar-refractivity contribution < 1.29 is 14.0 Å². The predicted molar refractivity (Wildman–Crippen MR) is 129 cm³/mol. The third-order valence-corrected chi connectivity index (χ3v) is 5.50. The van der Waals surface area contributed by atoms with Gasteiger partial charge < -0.3 is 10.6 Å². The van der Waals surface area contributed by atoms with Crippen LogP contribution in [0.2, 0.25) is 5.02 Å². The van der Waals surface area contributed by atoms with Gasteiger partial charge in [0.05, 0.1) is 29.2 Å². The first-order chi connectivity index (χ1) is 16.3. The fourth-order valence-corrected chi connectivity index (χ4v) is 3.66. The Kier molecular flexibility index (Phi) is 6.70. The molecule has 2 aromatic carbocycles. The van der Waals surface area contributed by atoms with Crippen molar-refractivity contribution >= 4 is 34.8 Å². The molecule has 2 aromatic heterocycles. The number of pyridine rings is 1. The van der Waals surface area contributed by atoms with Gasteiger partial charge in [-0.1, -0.05) is 17.7 Å². The van der Waals surface area contributed by atoms with E-state index in [1.807, 2.05) is 26.0 Å². The molecule has 0 aliphatic rings. The molecule has 0 radical (unpaired) electrons. The molecule has 2 heterocycles. The van der Waals surface area contributed by atoms with Gasteiger partial charge in [0.1, 0.15) is 11.5 Å². The van der Waals surface area contributed by atoms with Gasteiger partial charge in [0.25, 0.3) is 5.91 Å². The molecule has 0 atom stereocenters. The van der Waals surface area contributed by atoms with Crippen molar-refractivity contribution in [3.8, 4) is 5.69 Å². The number of halogens is 2. The molecular formula is C25H21ClFN5O2. The predicted octanol–water partition coefficient (Wildman–Crippen LogP) is 5.11. The third-order valence-electron chi connectivity index (χ3n) is 5.25. The highest BCUT2D eigenvalue weighted by atomic mass is 35.5. The summed E-state index contributed by atoms with van der Waals surface area (Å²) in [6.45, 7) is 3.70. The number of carbonyl (C=O) groups excluding carboxylic acids is 2. The van der Waals surface area contributed by atoms with Crippen LogP contribution in [0.3, 0.4) is 0 Å². The summed E-state index contributed by atoms with van der Waals surface area (Å²) in [5.41, 5.74) is 3.68. The van der Waals surface area contributed by atoms with Crippen LogP contribution >= 0.6 is 11.6 Å². The highest BCUT2D eigenvalue weighted by Crippen LogP contribution is 2.25. The summed E-state index contributed by atoms with van der Waals surface area (Å²) in [5.74, 6) is -1.39. The van der Waals surface area contributed by atoms with Crippen LogP contribution < -0.4 is 10.6 Å². The minimum absolute atomic E-state index is 0.0232. The molecule has 0 fully saturated rings. The molecule has 4 rings (SSSR count). The Balaban J connectivity index is 1.53. The van der Waals surface area contributed by atoms with Crippen molar-refractivity contribution in [2.24, 2.45) is 0 Å². The third kappa shape index (κ3) is 5.13. The maximum absolute atomic E-state index is 13.9. The van der Waals surface area contributed by atoms with Gasteiger partial charge in [-0.3, -0.25) is 14.6 Å². The summed E-state index contributed by atoms with van der Waals surface area (Å²) in [4.78, 5) is 29.4. The number of anilines is 2. The van der Waals surface area contributed by atoms with Crippen LogP contribution in [0.1, 0.15) is 27.4 Å². The summed E-state index contributed by atoms with van der Waals surface area (Å²) < 4.78 is 15.7. The molecule has 172 valence electrons. The van der Waals surface area contributed by atoms with E-state index in [2.05, 4.69) is 20.7 Å². The summed E-state index contributed by atoms with van der Waals surface area (Å²) in [6, 6.07) is 15.9. The van der Waals surface area contributed by atoms with E-state index >= 15 is 0 Å². The molecule has 0 unspecified atom stereocenters. The molecule has 4 aromatic rings. The van der Waals surface area contributed by atoms with Gasteiger partial charge in [-0.25, -0.2) is 9.07 Å². The fourth-order valence-electron chi connectivity index (χ4n) is 3.53. The fraction of sp³-hybridized carbons (Fsp3) is 0.120. The number of rotatable bonds is 6. The zero-order valence-electron chi connectivity index (χ0n) is 18.5. The second-order valence-corrected chi connectivity index (χ2v) is 8.06. The van der Waals surface area contributed by atoms with Crippen LogP contribution in [-0.4, -0.2) is 26.6 Å². The maximum atomic E-state index is 13.9. The Hall–Kier alpha value is -4.04. The average Bonchev–Trinajstić information content (AvgIpc) is 3.10. The van der Waals surface area contributed by atoms with Crippen molar-refractivity contribution in [3.05, 3.63) is 100 Å². The van der Waals surface area contributed by atoms with Crippen LogP contribution in [-0.2, 0) is 11.2 Å². The lowest BCUT2D eigenvalue weighted by Gasteiger charge is -2.13. The van der Waals surface area contributed by atoms with Crippen molar-refractivity contribution in [1.82, 2.24) is 14.8 Å². The molecule has 2 amide bonds. The van der Waals surface area contributed by atoms with Gasteiger partial charge in [0, 0.05) is 22.5 Å². The Bertz CT molecular complexity index is 1350. The zero-order valence-corrected chi connectivity index (χ0v) is 19.2. The Morgan fingerprint density at radius 3 is 2.47 bits per heavy atom. The van der Waals surface area contributed by atoms with Gasteiger partial charge in [-0.2, -0.15) is 5.10 Å². The number of amides is 2. The maximum Gasteiger partial charge on any atom is 0.274 e. The molecule has 0 saturated carbocycles. The SMILES string of the molecule is Cc1nn(-c2ccc(Cl)cc2)c(C)c1CC(=O)Nc1cc(F)ccc1NC(=O)c1ccccn1. The number of hydrogen-bond donors (Lipinski definition) is 2. The normalized spacial score (nSPS) is 10.7. The number of aryl methyl sites for hydroxylation is 1. The second-order valence-electron chi connectivity index (χ2n) is 7.62. The number of carbonyl (C=O) groups is 2. The van der Waals surface area contributed by atoms with Crippen LogP contribution in [0.5, 0.6) is 0 Å². The lowest BCUT2D eigenvalue weighted by molar-refractivity contribution is -0.115. The molecule has 0 aliphatic carbocycles. The van der Waals surface area contributed by atoms with Gasteiger partial charge >= 0.3 is 0 Å². The van der Waals surface area contributed by atoms with E-state index in [-0.39, 0.29) is 29.4 Å². The number of aromatic nitrogens is 3. The number of nitrogens with one attached hydrogen (secondary N) is 2. The smallest absolute Gasteiger partial charge is 0.274 e. The molecule has 0 spiro atoms. The van der Waals surface area contributed by atoms with Gasteiger partial charge in [0.15, 0.2) is 0 Å². The minimum atomic E-state index is -0.547. The number of nitrogens with zero attached hydrogens (tertiary/aromatic N) is 3. The molecular weight excluding hydrogens is 457 g/mol. The molecule has 0 aliphatic heterocycles. The topological polar surface area (TPSA) is 88.9 Å². The van der Waals surface area contributed by atoms with E-state index in [1.165, 1.54) is 18.3 Å². The lowest BCUT2D eigenvalue weighted by atomic mass is 10.1. The van der Waals surface area contributed by atoms with E-state index < -0.39 is 11.7 Å². The van der Waals surface area contributed by atoms with Gasteiger partial charge in [-0.05, 0) is 68.4 Å². The van der Waals surface area contributed by atoms with Crippen LogP contribution in [0.25, 0.3) is 5.69 Å². The van der Waals surface area contributed by atoms with E-state index in [0.29, 0.717) is 10.7 Å². The lowest BCUT2D eigenvalue weighted by Crippen LogP contribution is -2.19. The first-order valence-electron chi connectivity index (χ1n) is 10.4. The van der Waals surface area contributed by atoms with Crippen molar-refractivity contribution in [1.29, 1.82) is 0 Å². The average molecular weight is 478 g/mol. The van der Waals surface area contributed by atoms with E-state index in [1.54, 1.807) is 35.0 Å². The summed E-state index contributed by atoms with van der Waals surface area (Å²) in [5, 5.41) is 10.5.